The highest BCUT2D eigenvalue weighted by Crippen LogP contribution is 2.21. The fourth-order valence-electron chi connectivity index (χ4n) is 2.66. The van der Waals surface area contributed by atoms with Crippen LogP contribution in [-0.4, -0.2) is 37.6 Å². The number of rotatable bonds is 3. The number of hydrogen-bond acceptors (Lipinski definition) is 2. The van der Waals surface area contributed by atoms with Gasteiger partial charge in [-0.05, 0) is 49.4 Å². The number of benzene rings is 1. The highest BCUT2D eigenvalue weighted by Gasteiger charge is 2.24. The topological polar surface area (TPSA) is 29.5 Å². The van der Waals surface area contributed by atoms with Gasteiger partial charge in [-0.2, -0.15) is 0 Å². The average molecular weight is 326 g/mol. The van der Waals surface area contributed by atoms with Crippen LogP contribution < -0.4 is 0 Å². The minimum atomic E-state index is 0.130. The normalized spacial score (nSPS) is 19.5. The number of carbonyl (C=O) groups is 1. The van der Waals surface area contributed by atoms with Gasteiger partial charge in [0.25, 0.3) is 5.91 Å². The fourth-order valence-corrected chi connectivity index (χ4v) is 3.27. The van der Waals surface area contributed by atoms with E-state index in [0.717, 1.165) is 48.1 Å². The molecule has 1 atom stereocenters. The molecular weight excluding hydrogens is 306 g/mol. The second-order valence-corrected chi connectivity index (χ2v) is 6.15. The maximum absolute atomic E-state index is 12.5. The number of hydrogen-bond donors (Lipinski definition) is 0. The van der Waals surface area contributed by atoms with E-state index in [1.54, 1.807) is 7.11 Å². The molecule has 0 N–H and O–H groups in total. The maximum atomic E-state index is 12.5. The van der Waals surface area contributed by atoms with Crippen LogP contribution >= 0.6 is 15.9 Å². The van der Waals surface area contributed by atoms with Crippen LogP contribution in [0.2, 0.25) is 0 Å². The highest BCUT2D eigenvalue weighted by atomic mass is 79.9. The molecule has 0 saturated carbocycles. The third-order valence-corrected chi connectivity index (χ3v) is 3.96. The summed E-state index contributed by atoms with van der Waals surface area (Å²) in [7, 11) is 1.72. The number of piperidine rings is 1. The molecule has 0 spiro atoms. The molecule has 1 amide bonds. The highest BCUT2D eigenvalue weighted by molar-refractivity contribution is 9.10. The van der Waals surface area contributed by atoms with Crippen LogP contribution in [0.5, 0.6) is 0 Å². The Kier molecular flexibility index (Phi) is 4.99. The average Bonchev–Trinajstić information content (AvgIpc) is 2.37. The van der Waals surface area contributed by atoms with Crippen LogP contribution in [0, 0.1) is 12.8 Å². The lowest BCUT2D eigenvalue weighted by Gasteiger charge is -2.32. The van der Waals surface area contributed by atoms with Crippen molar-refractivity contribution in [2.45, 2.75) is 19.8 Å². The summed E-state index contributed by atoms with van der Waals surface area (Å²) in [6, 6.07) is 5.86. The predicted octanol–water partition coefficient (Wildman–Crippen LogP) is 3.26. The number of nitrogens with zero attached hydrogens (tertiary/aromatic N) is 1. The third kappa shape index (κ3) is 3.80. The van der Waals surface area contributed by atoms with Gasteiger partial charge in [0.2, 0.25) is 0 Å². The van der Waals surface area contributed by atoms with E-state index in [0.29, 0.717) is 5.92 Å². The summed E-state index contributed by atoms with van der Waals surface area (Å²) in [5, 5.41) is 0. The summed E-state index contributed by atoms with van der Waals surface area (Å²) < 4.78 is 6.17. The fraction of sp³-hybridized carbons (Fsp3) is 0.533. The van der Waals surface area contributed by atoms with Crippen molar-refractivity contribution >= 4 is 21.8 Å². The molecule has 1 aliphatic heterocycles. The minimum Gasteiger partial charge on any atom is -0.384 e. The van der Waals surface area contributed by atoms with E-state index in [-0.39, 0.29) is 5.91 Å². The van der Waals surface area contributed by atoms with E-state index in [1.165, 1.54) is 0 Å². The van der Waals surface area contributed by atoms with Crippen molar-refractivity contribution in [1.82, 2.24) is 4.90 Å². The van der Waals surface area contributed by atoms with Gasteiger partial charge in [0.1, 0.15) is 0 Å². The van der Waals surface area contributed by atoms with Gasteiger partial charge >= 0.3 is 0 Å². The van der Waals surface area contributed by atoms with Crippen molar-refractivity contribution in [2.75, 3.05) is 26.8 Å². The van der Waals surface area contributed by atoms with Gasteiger partial charge in [-0.1, -0.05) is 15.9 Å². The van der Waals surface area contributed by atoms with E-state index in [4.69, 9.17) is 4.74 Å². The number of aryl methyl sites for hydroxylation is 1. The van der Waals surface area contributed by atoms with Gasteiger partial charge in [-0.25, -0.2) is 0 Å². The van der Waals surface area contributed by atoms with Gasteiger partial charge in [0, 0.05) is 30.2 Å². The van der Waals surface area contributed by atoms with Crippen molar-refractivity contribution in [1.29, 1.82) is 0 Å². The van der Waals surface area contributed by atoms with Gasteiger partial charge in [-0.15, -0.1) is 0 Å². The molecular formula is C15H20BrNO2. The lowest BCUT2D eigenvalue weighted by Crippen LogP contribution is -2.41. The summed E-state index contributed by atoms with van der Waals surface area (Å²) in [5.41, 5.74) is 1.87. The zero-order valence-electron chi connectivity index (χ0n) is 11.5. The van der Waals surface area contributed by atoms with E-state index >= 15 is 0 Å². The molecule has 1 aromatic rings. The van der Waals surface area contributed by atoms with E-state index in [2.05, 4.69) is 15.9 Å². The summed E-state index contributed by atoms with van der Waals surface area (Å²) in [4.78, 5) is 14.5. The molecule has 1 aromatic carbocycles. The number of amides is 1. The van der Waals surface area contributed by atoms with Crippen LogP contribution in [0.25, 0.3) is 0 Å². The van der Waals surface area contributed by atoms with Crippen LogP contribution in [0.4, 0.5) is 0 Å². The number of likely N-dealkylation sites (tertiary alicyclic amines) is 1. The third-order valence-electron chi connectivity index (χ3n) is 3.50. The number of ether oxygens (including phenoxy) is 1. The predicted molar refractivity (Wildman–Crippen MR) is 79.4 cm³/mol. The van der Waals surface area contributed by atoms with E-state index in [1.807, 2.05) is 30.0 Å². The Labute approximate surface area is 123 Å². The molecule has 4 heteroatoms. The van der Waals surface area contributed by atoms with E-state index in [9.17, 15) is 4.79 Å². The van der Waals surface area contributed by atoms with Gasteiger partial charge < -0.3 is 9.64 Å². The SMILES string of the molecule is COCC1CCCN(C(=O)c2cc(C)cc(Br)c2)C1. The molecule has 1 saturated heterocycles. The maximum Gasteiger partial charge on any atom is 0.253 e. The molecule has 104 valence electrons. The smallest absolute Gasteiger partial charge is 0.253 e. The first-order valence-corrected chi connectivity index (χ1v) is 7.45. The van der Waals surface area contributed by atoms with Gasteiger partial charge in [0.05, 0.1) is 6.61 Å². The molecule has 0 aliphatic carbocycles. The number of halogens is 1. The molecule has 2 rings (SSSR count). The summed E-state index contributed by atoms with van der Waals surface area (Å²) in [6.07, 6.45) is 2.21. The Morgan fingerprint density at radius 2 is 2.26 bits per heavy atom. The second-order valence-electron chi connectivity index (χ2n) is 5.23. The quantitative estimate of drug-likeness (QED) is 0.853. The van der Waals surface area contributed by atoms with Crippen LogP contribution in [0.1, 0.15) is 28.8 Å². The molecule has 1 aliphatic rings. The van der Waals surface area contributed by atoms with Crippen LogP contribution in [-0.2, 0) is 4.74 Å². The van der Waals surface area contributed by atoms with Crippen molar-refractivity contribution in [3.63, 3.8) is 0 Å². The van der Waals surface area contributed by atoms with Gasteiger partial charge in [-0.3, -0.25) is 4.79 Å². The molecule has 1 unspecified atom stereocenters. The Bertz CT molecular complexity index is 439. The first-order chi connectivity index (χ1) is 9.10. The Morgan fingerprint density at radius 3 is 2.95 bits per heavy atom. The summed E-state index contributed by atoms with van der Waals surface area (Å²) in [5.74, 6) is 0.598. The first kappa shape index (κ1) is 14.5. The zero-order valence-corrected chi connectivity index (χ0v) is 13.1. The number of carbonyl (C=O) groups excluding carboxylic acids is 1. The minimum absolute atomic E-state index is 0.130. The first-order valence-electron chi connectivity index (χ1n) is 6.65. The molecule has 0 aromatic heterocycles. The van der Waals surface area contributed by atoms with Crippen LogP contribution in [0.3, 0.4) is 0 Å². The summed E-state index contributed by atoms with van der Waals surface area (Å²) >= 11 is 3.45. The lowest BCUT2D eigenvalue weighted by atomic mass is 9.98. The Hall–Kier alpha value is -0.870. The molecule has 19 heavy (non-hydrogen) atoms. The van der Waals surface area contributed by atoms with E-state index < -0.39 is 0 Å². The molecule has 3 nitrogen and oxygen atoms in total. The Balaban J connectivity index is 2.10. The number of methoxy groups -OCH3 is 1. The largest absolute Gasteiger partial charge is 0.384 e. The lowest BCUT2D eigenvalue weighted by molar-refractivity contribution is 0.0571. The molecule has 1 fully saturated rings. The molecule has 1 heterocycles. The van der Waals surface area contributed by atoms with Crippen molar-refractivity contribution in [3.8, 4) is 0 Å². The Morgan fingerprint density at radius 1 is 1.47 bits per heavy atom. The van der Waals surface area contributed by atoms with Crippen molar-refractivity contribution in [2.24, 2.45) is 5.92 Å². The second kappa shape index (κ2) is 6.53. The zero-order chi connectivity index (χ0) is 13.8. The summed E-state index contributed by atoms with van der Waals surface area (Å²) in [6.45, 7) is 4.40. The van der Waals surface area contributed by atoms with Crippen LogP contribution in [0.15, 0.2) is 22.7 Å². The molecule has 0 bridgehead atoms. The monoisotopic (exact) mass is 325 g/mol. The molecule has 0 radical (unpaired) electrons. The van der Waals surface area contributed by atoms with Gasteiger partial charge in [0.15, 0.2) is 0 Å². The standard InChI is InChI=1S/C15H20BrNO2/c1-11-6-13(8-14(16)7-11)15(18)17-5-3-4-12(9-17)10-19-2/h6-8,12H,3-5,9-10H2,1-2H3. The van der Waals surface area contributed by atoms with Crippen molar-refractivity contribution < 1.29 is 9.53 Å². The van der Waals surface area contributed by atoms with Crippen molar-refractivity contribution in [3.05, 3.63) is 33.8 Å².